The topological polar surface area (TPSA) is 76.1 Å². The molecule has 6 heteroatoms. The summed E-state index contributed by atoms with van der Waals surface area (Å²) in [6.45, 7) is 6.94. The summed E-state index contributed by atoms with van der Waals surface area (Å²) < 4.78 is 5.15. The minimum absolute atomic E-state index is 0.0192. The Morgan fingerprint density at radius 3 is 2.79 bits per heavy atom. The SMILES string of the molecule is COc1ncnc2c1NC(=O)C(CC(C)(C)C)CN2. The quantitative estimate of drug-likeness (QED) is 0.853. The number of amides is 1. The maximum Gasteiger partial charge on any atom is 0.242 e. The Balaban J connectivity index is 2.24. The summed E-state index contributed by atoms with van der Waals surface area (Å²) in [5, 5.41) is 6.05. The summed E-state index contributed by atoms with van der Waals surface area (Å²) in [6, 6.07) is 0. The largest absolute Gasteiger partial charge is 0.479 e. The lowest BCUT2D eigenvalue weighted by Gasteiger charge is -2.23. The number of hydrogen-bond donors (Lipinski definition) is 2. The van der Waals surface area contributed by atoms with Gasteiger partial charge in [-0.3, -0.25) is 4.79 Å². The number of ether oxygens (including phenoxy) is 1. The fourth-order valence-corrected chi connectivity index (χ4v) is 2.21. The molecule has 1 amide bonds. The van der Waals surface area contributed by atoms with E-state index in [1.807, 2.05) is 0 Å². The number of rotatable bonds is 2. The summed E-state index contributed by atoms with van der Waals surface area (Å²) >= 11 is 0. The van der Waals surface area contributed by atoms with E-state index in [0.29, 0.717) is 23.9 Å². The molecule has 1 unspecified atom stereocenters. The van der Waals surface area contributed by atoms with Crippen molar-refractivity contribution in [1.82, 2.24) is 9.97 Å². The van der Waals surface area contributed by atoms with E-state index in [2.05, 4.69) is 41.4 Å². The predicted molar refractivity (Wildman–Crippen MR) is 73.3 cm³/mol. The molecule has 0 saturated heterocycles. The van der Waals surface area contributed by atoms with Gasteiger partial charge < -0.3 is 15.4 Å². The molecule has 0 radical (unpaired) electrons. The van der Waals surface area contributed by atoms with Crippen LogP contribution in [0.3, 0.4) is 0 Å². The Kier molecular flexibility index (Phi) is 3.59. The van der Waals surface area contributed by atoms with Crippen LogP contribution in [0.2, 0.25) is 0 Å². The van der Waals surface area contributed by atoms with Crippen molar-refractivity contribution >= 4 is 17.4 Å². The predicted octanol–water partition coefficient (Wildman–Crippen LogP) is 1.90. The zero-order valence-electron chi connectivity index (χ0n) is 11.8. The number of aromatic nitrogens is 2. The van der Waals surface area contributed by atoms with E-state index in [1.165, 1.54) is 13.4 Å². The number of nitrogens with zero attached hydrogens (tertiary/aromatic N) is 2. The first-order valence-corrected chi connectivity index (χ1v) is 6.34. The van der Waals surface area contributed by atoms with Gasteiger partial charge in [-0.15, -0.1) is 0 Å². The first-order valence-electron chi connectivity index (χ1n) is 6.34. The third-order valence-corrected chi connectivity index (χ3v) is 3.00. The van der Waals surface area contributed by atoms with Gasteiger partial charge in [0.15, 0.2) is 5.82 Å². The average Bonchev–Trinajstić information content (AvgIpc) is 2.48. The highest BCUT2D eigenvalue weighted by Gasteiger charge is 2.29. The molecule has 19 heavy (non-hydrogen) atoms. The average molecular weight is 264 g/mol. The summed E-state index contributed by atoms with van der Waals surface area (Å²) in [5.74, 6) is 0.868. The number of methoxy groups -OCH3 is 1. The molecule has 0 saturated carbocycles. The molecule has 0 bridgehead atoms. The monoisotopic (exact) mass is 264 g/mol. The first-order chi connectivity index (χ1) is 8.90. The number of anilines is 2. The molecule has 0 aromatic carbocycles. The number of carbonyl (C=O) groups is 1. The summed E-state index contributed by atoms with van der Waals surface area (Å²) in [6.07, 6.45) is 2.22. The molecular weight excluding hydrogens is 244 g/mol. The van der Waals surface area contributed by atoms with E-state index < -0.39 is 0 Å². The van der Waals surface area contributed by atoms with Crippen molar-refractivity contribution in [2.75, 3.05) is 24.3 Å². The fourth-order valence-electron chi connectivity index (χ4n) is 2.21. The maximum atomic E-state index is 12.3. The van der Waals surface area contributed by atoms with Crippen LogP contribution in [0.5, 0.6) is 5.88 Å². The summed E-state index contributed by atoms with van der Waals surface area (Å²) in [5.41, 5.74) is 0.613. The van der Waals surface area contributed by atoms with Crippen LogP contribution in [0.4, 0.5) is 11.5 Å². The number of hydrogen-bond acceptors (Lipinski definition) is 5. The van der Waals surface area contributed by atoms with Gasteiger partial charge in [0.05, 0.1) is 13.0 Å². The lowest BCUT2D eigenvalue weighted by atomic mass is 9.84. The minimum atomic E-state index is -0.0982. The van der Waals surface area contributed by atoms with Crippen LogP contribution in [0.1, 0.15) is 27.2 Å². The van der Waals surface area contributed by atoms with Crippen molar-refractivity contribution in [3.63, 3.8) is 0 Å². The molecule has 2 N–H and O–H groups in total. The molecule has 1 aromatic heterocycles. The van der Waals surface area contributed by atoms with Gasteiger partial charge in [0.25, 0.3) is 0 Å². The second-order valence-electron chi connectivity index (χ2n) is 5.94. The van der Waals surface area contributed by atoms with Crippen molar-refractivity contribution in [2.45, 2.75) is 27.2 Å². The van der Waals surface area contributed by atoms with E-state index >= 15 is 0 Å². The molecule has 104 valence electrons. The van der Waals surface area contributed by atoms with Gasteiger partial charge in [0, 0.05) is 6.54 Å². The van der Waals surface area contributed by atoms with Gasteiger partial charge >= 0.3 is 0 Å². The summed E-state index contributed by atoms with van der Waals surface area (Å²) in [7, 11) is 1.52. The van der Waals surface area contributed by atoms with Gasteiger partial charge in [-0.25, -0.2) is 4.98 Å². The second-order valence-corrected chi connectivity index (χ2v) is 5.94. The standard InChI is InChI=1S/C13H20N4O2/c1-13(2,3)5-8-6-14-10-9(17-11(8)18)12(19-4)16-7-15-10/h7-8H,5-6H2,1-4H3,(H,17,18)(H,14,15,16). The van der Waals surface area contributed by atoms with E-state index in [1.54, 1.807) is 0 Å². The normalized spacial score (nSPS) is 18.9. The Hall–Kier alpha value is -1.85. The van der Waals surface area contributed by atoms with E-state index in [9.17, 15) is 4.79 Å². The lowest BCUT2D eigenvalue weighted by molar-refractivity contribution is -0.120. The number of nitrogens with one attached hydrogen (secondary N) is 2. The van der Waals surface area contributed by atoms with Gasteiger partial charge in [-0.1, -0.05) is 20.8 Å². The Labute approximate surface area is 113 Å². The molecule has 0 spiro atoms. The zero-order chi connectivity index (χ0) is 14.0. The molecule has 2 rings (SSSR count). The molecule has 1 aliphatic rings. The van der Waals surface area contributed by atoms with Crippen LogP contribution >= 0.6 is 0 Å². The molecule has 0 aliphatic carbocycles. The van der Waals surface area contributed by atoms with Crippen LogP contribution in [0.25, 0.3) is 0 Å². The third kappa shape index (κ3) is 3.13. The highest BCUT2D eigenvalue weighted by atomic mass is 16.5. The summed E-state index contributed by atoms with van der Waals surface area (Å²) in [4.78, 5) is 20.4. The Morgan fingerprint density at radius 1 is 1.42 bits per heavy atom. The van der Waals surface area contributed by atoms with Crippen molar-refractivity contribution in [2.24, 2.45) is 11.3 Å². The van der Waals surface area contributed by atoms with E-state index in [-0.39, 0.29) is 17.2 Å². The number of carbonyl (C=O) groups excluding carboxylic acids is 1. The highest BCUT2D eigenvalue weighted by molar-refractivity contribution is 5.98. The Morgan fingerprint density at radius 2 is 2.16 bits per heavy atom. The fraction of sp³-hybridized carbons (Fsp3) is 0.615. The van der Waals surface area contributed by atoms with Crippen LogP contribution < -0.4 is 15.4 Å². The lowest BCUT2D eigenvalue weighted by Crippen LogP contribution is -2.29. The van der Waals surface area contributed by atoms with Crippen LogP contribution in [-0.4, -0.2) is 29.5 Å². The van der Waals surface area contributed by atoms with Crippen LogP contribution in [0, 0.1) is 11.3 Å². The van der Waals surface area contributed by atoms with Gasteiger partial charge in [-0.05, 0) is 11.8 Å². The van der Waals surface area contributed by atoms with Crippen molar-refractivity contribution < 1.29 is 9.53 Å². The second kappa shape index (κ2) is 5.03. The van der Waals surface area contributed by atoms with Crippen molar-refractivity contribution in [3.8, 4) is 5.88 Å². The van der Waals surface area contributed by atoms with Crippen LogP contribution in [0.15, 0.2) is 6.33 Å². The molecule has 1 atom stereocenters. The van der Waals surface area contributed by atoms with Gasteiger partial charge in [0.2, 0.25) is 11.8 Å². The van der Waals surface area contributed by atoms with Crippen molar-refractivity contribution in [3.05, 3.63) is 6.33 Å². The highest BCUT2D eigenvalue weighted by Crippen LogP contribution is 2.33. The van der Waals surface area contributed by atoms with E-state index in [4.69, 9.17) is 4.74 Å². The molecule has 6 nitrogen and oxygen atoms in total. The van der Waals surface area contributed by atoms with E-state index in [0.717, 1.165) is 6.42 Å². The molecule has 1 aliphatic heterocycles. The Bertz CT molecular complexity index is 482. The molecular formula is C13H20N4O2. The third-order valence-electron chi connectivity index (χ3n) is 3.00. The first kappa shape index (κ1) is 13.6. The minimum Gasteiger partial charge on any atom is -0.479 e. The molecule has 1 aromatic rings. The molecule has 0 fully saturated rings. The molecule has 2 heterocycles. The zero-order valence-corrected chi connectivity index (χ0v) is 11.8. The van der Waals surface area contributed by atoms with Gasteiger partial charge in [0.1, 0.15) is 12.0 Å². The number of fused-ring (bicyclic) bond motifs is 1. The van der Waals surface area contributed by atoms with Gasteiger partial charge in [-0.2, -0.15) is 4.98 Å². The van der Waals surface area contributed by atoms with Crippen LogP contribution in [-0.2, 0) is 4.79 Å². The maximum absolute atomic E-state index is 12.3. The smallest absolute Gasteiger partial charge is 0.242 e. The van der Waals surface area contributed by atoms with Crippen molar-refractivity contribution in [1.29, 1.82) is 0 Å².